The molecule has 0 unspecified atom stereocenters. The van der Waals surface area contributed by atoms with Crippen molar-refractivity contribution in [3.05, 3.63) is 60.2 Å². The van der Waals surface area contributed by atoms with Crippen LogP contribution in [-0.2, 0) is 4.79 Å². The highest BCUT2D eigenvalue weighted by Crippen LogP contribution is 2.23. The Hall–Kier alpha value is -2.62. The molecule has 0 atom stereocenters. The fourth-order valence-electron chi connectivity index (χ4n) is 2.14. The summed E-state index contributed by atoms with van der Waals surface area (Å²) in [6.07, 6.45) is 1.19. The zero-order valence-electron chi connectivity index (χ0n) is 12.5. The lowest BCUT2D eigenvalue weighted by molar-refractivity contribution is -0.116. The zero-order valence-corrected chi connectivity index (χ0v) is 12.5. The van der Waals surface area contributed by atoms with Crippen LogP contribution >= 0.6 is 0 Å². The van der Waals surface area contributed by atoms with Gasteiger partial charge in [0, 0.05) is 18.4 Å². The molecule has 0 aromatic heterocycles. The predicted molar refractivity (Wildman–Crippen MR) is 86.2 cm³/mol. The Morgan fingerprint density at radius 2 is 1.64 bits per heavy atom. The Balaban J connectivity index is 1.80. The molecule has 1 amide bonds. The van der Waals surface area contributed by atoms with Crippen LogP contribution in [0.2, 0.25) is 0 Å². The third-order valence-corrected chi connectivity index (χ3v) is 3.28. The Bertz CT molecular complexity index is 638. The molecule has 0 radical (unpaired) electrons. The van der Waals surface area contributed by atoms with Crippen LogP contribution in [-0.4, -0.2) is 18.8 Å². The second-order valence-electron chi connectivity index (χ2n) is 4.89. The molecule has 22 heavy (non-hydrogen) atoms. The Morgan fingerprint density at radius 1 is 0.955 bits per heavy atom. The Labute approximate surface area is 130 Å². The SMILES string of the molecule is COc1ccccc1NC(=O)CCCC(=O)c1ccccc1. The second-order valence-corrected chi connectivity index (χ2v) is 4.89. The van der Waals surface area contributed by atoms with Gasteiger partial charge in [-0.05, 0) is 18.6 Å². The van der Waals surface area contributed by atoms with E-state index >= 15 is 0 Å². The van der Waals surface area contributed by atoms with Crippen LogP contribution in [0.25, 0.3) is 0 Å². The molecule has 1 N–H and O–H groups in total. The van der Waals surface area contributed by atoms with Crippen LogP contribution in [0, 0.1) is 0 Å². The van der Waals surface area contributed by atoms with Gasteiger partial charge in [-0.25, -0.2) is 0 Å². The van der Waals surface area contributed by atoms with E-state index in [0.29, 0.717) is 36.3 Å². The van der Waals surface area contributed by atoms with Gasteiger partial charge in [-0.15, -0.1) is 0 Å². The zero-order chi connectivity index (χ0) is 15.8. The second kappa shape index (κ2) is 7.98. The monoisotopic (exact) mass is 297 g/mol. The molecular weight excluding hydrogens is 278 g/mol. The van der Waals surface area contributed by atoms with Crippen molar-refractivity contribution in [3.63, 3.8) is 0 Å². The number of amides is 1. The van der Waals surface area contributed by atoms with Crippen molar-refractivity contribution in [2.24, 2.45) is 0 Å². The van der Waals surface area contributed by atoms with Gasteiger partial charge < -0.3 is 10.1 Å². The molecule has 114 valence electrons. The van der Waals surface area contributed by atoms with Gasteiger partial charge in [-0.2, -0.15) is 0 Å². The van der Waals surface area contributed by atoms with E-state index in [1.54, 1.807) is 31.4 Å². The minimum Gasteiger partial charge on any atom is -0.495 e. The number of ketones is 1. The third kappa shape index (κ3) is 4.45. The normalized spacial score (nSPS) is 10.0. The molecule has 0 aliphatic heterocycles. The number of carbonyl (C=O) groups excluding carboxylic acids is 2. The molecule has 0 fully saturated rings. The number of carbonyl (C=O) groups is 2. The summed E-state index contributed by atoms with van der Waals surface area (Å²) in [5.41, 5.74) is 1.33. The molecule has 2 rings (SSSR count). The lowest BCUT2D eigenvalue weighted by atomic mass is 10.1. The maximum atomic E-state index is 11.9. The van der Waals surface area contributed by atoms with Crippen LogP contribution in [0.1, 0.15) is 29.6 Å². The first-order valence-electron chi connectivity index (χ1n) is 7.22. The van der Waals surface area contributed by atoms with Crippen LogP contribution in [0.4, 0.5) is 5.69 Å². The molecule has 0 heterocycles. The number of hydrogen-bond donors (Lipinski definition) is 1. The topological polar surface area (TPSA) is 55.4 Å². The lowest BCUT2D eigenvalue weighted by Gasteiger charge is -2.09. The van der Waals surface area contributed by atoms with Gasteiger partial charge in [0.2, 0.25) is 5.91 Å². The van der Waals surface area contributed by atoms with Gasteiger partial charge in [0.25, 0.3) is 0 Å². The Morgan fingerprint density at radius 3 is 2.36 bits per heavy atom. The average molecular weight is 297 g/mol. The molecule has 0 spiro atoms. The van der Waals surface area contributed by atoms with E-state index < -0.39 is 0 Å². The molecule has 4 nitrogen and oxygen atoms in total. The van der Waals surface area contributed by atoms with Gasteiger partial charge in [-0.3, -0.25) is 9.59 Å². The number of methoxy groups -OCH3 is 1. The van der Waals surface area contributed by atoms with Crippen molar-refractivity contribution in [3.8, 4) is 5.75 Å². The summed E-state index contributed by atoms with van der Waals surface area (Å²) in [4.78, 5) is 23.9. The number of rotatable bonds is 7. The van der Waals surface area contributed by atoms with Gasteiger partial charge in [0.05, 0.1) is 12.8 Å². The molecule has 2 aromatic rings. The van der Waals surface area contributed by atoms with E-state index in [4.69, 9.17) is 4.74 Å². The molecule has 0 saturated heterocycles. The minimum atomic E-state index is -0.120. The molecule has 4 heteroatoms. The number of para-hydroxylation sites is 2. The van der Waals surface area contributed by atoms with Gasteiger partial charge in [0.1, 0.15) is 5.75 Å². The van der Waals surface area contributed by atoms with Crippen molar-refractivity contribution < 1.29 is 14.3 Å². The third-order valence-electron chi connectivity index (χ3n) is 3.28. The lowest BCUT2D eigenvalue weighted by Crippen LogP contribution is -2.12. The predicted octanol–water partition coefficient (Wildman–Crippen LogP) is 3.69. The van der Waals surface area contributed by atoms with E-state index in [-0.39, 0.29) is 11.7 Å². The quantitative estimate of drug-likeness (QED) is 0.793. The minimum absolute atomic E-state index is 0.0608. The van der Waals surface area contributed by atoms with E-state index in [1.165, 1.54) is 0 Å². The van der Waals surface area contributed by atoms with Crippen molar-refractivity contribution >= 4 is 17.4 Å². The van der Waals surface area contributed by atoms with E-state index in [0.717, 1.165) is 0 Å². The van der Waals surface area contributed by atoms with Crippen molar-refractivity contribution in [2.45, 2.75) is 19.3 Å². The highest BCUT2D eigenvalue weighted by atomic mass is 16.5. The van der Waals surface area contributed by atoms with Crippen molar-refractivity contribution in [2.75, 3.05) is 12.4 Å². The highest BCUT2D eigenvalue weighted by Gasteiger charge is 2.09. The van der Waals surface area contributed by atoms with Crippen LogP contribution < -0.4 is 10.1 Å². The maximum Gasteiger partial charge on any atom is 0.224 e. The van der Waals surface area contributed by atoms with Crippen LogP contribution in [0.3, 0.4) is 0 Å². The number of benzene rings is 2. The highest BCUT2D eigenvalue weighted by molar-refractivity contribution is 5.97. The van der Waals surface area contributed by atoms with Crippen LogP contribution in [0.5, 0.6) is 5.75 Å². The summed E-state index contributed by atoms with van der Waals surface area (Å²) in [7, 11) is 1.56. The van der Waals surface area contributed by atoms with E-state index in [9.17, 15) is 9.59 Å². The first kappa shape index (κ1) is 15.8. The van der Waals surface area contributed by atoms with E-state index in [2.05, 4.69) is 5.32 Å². The fourth-order valence-corrected chi connectivity index (χ4v) is 2.14. The van der Waals surface area contributed by atoms with Crippen molar-refractivity contribution in [1.29, 1.82) is 0 Å². The van der Waals surface area contributed by atoms with Crippen molar-refractivity contribution in [1.82, 2.24) is 0 Å². The Kier molecular flexibility index (Phi) is 5.72. The largest absolute Gasteiger partial charge is 0.495 e. The van der Waals surface area contributed by atoms with Gasteiger partial charge >= 0.3 is 0 Å². The number of anilines is 1. The summed E-state index contributed by atoms with van der Waals surface area (Å²) >= 11 is 0. The fraction of sp³-hybridized carbons (Fsp3) is 0.222. The average Bonchev–Trinajstić information content (AvgIpc) is 2.56. The number of nitrogens with one attached hydrogen (secondary N) is 1. The summed E-state index contributed by atoms with van der Waals surface area (Å²) in [6.45, 7) is 0. The molecular formula is C18H19NO3. The summed E-state index contributed by atoms with van der Waals surface area (Å²) in [5, 5.41) is 2.80. The summed E-state index contributed by atoms with van der Waals surface area (Å²) in [5.74, 6) is 0.562. The molecule has 0 bridgehead atoms. The summed E-state index contributed by atoms with van der Waals surface area (Å²) in [6, 6.07) is 16.4. The maximum absolute atomic E-state index is 11.9. The van der Waals surface area contributed by atoms with Gasteiger partial charge in [0.15, 0.2) is 5.78 Å². The first-order valence-corrected chi connectivity index (χ1v) is 7.22. The van der Waals surface area contributed by atoms with E-state index in [1.807, 2.05) is 30.3 Å². The molecule has 2 aromatic carbocycles. The van der Waals surface area contributed by atoms with Gasteiger partial charge in [-0.1, -0.05) is 42.5 Å². The number of Topliss-reactive ketones (excluding diaryl/α,β-unsaturated/α-hetero) is 1. The standard InChI is InChI=1S/C18H19NO3/c1-22-17-12-6-5-10-15(17)19-18(21)13-7-11-16(20)14-8-3-2-4-9-14/h2-6,8-10,12H,7,11,13H2,1H3,(H,19,21). The molecule has 0 aliphatic carbocycles. The first-order chi connectivity index (χ1) is 10.7. The molecule has 0 aliphatic rings. The number of ether oxygens (including phenoxy) is 1. The van der Waals surface area contributed by atoms with Crippen LogP contribution in [0.15, 0.2) is 54.6 Å². The summed E-state index contributed by atoms with van der Waals surface area (Å²) < 4.78 is 5.18. The molecule has 0 saturated carbocycles. The number of hydrogen-bond acceptors (Lipinski definition) is 3. The smallest absolute Gasteiger partial charge is 0.224 e.